The lowest BCUT2D eigenvalue weighted by atomic mass is 10.3. The molecule has 1 saturated heterocycles. The highest BCUT2D eigenvalue weighted by atomic mass is 32.1. The van der Waals surface area contributed by atoms with Crippen molar-refractivity contribution in [2.75, 3.05) is 13.1 Å². The zero-order chi connectivity index (χ0) is 11.0. The quantitative estimate of drug-likeness (QED) is 0.786. The number of hydrogen-bond acceptors (Lipinski definition) is 3. The Hall–Kier alpha value is -0.870. The third-order valence-electron chi connectivity index (χ3n) is 2.89. The standard InChI is InChI=1S/C11H16N2OS/c1-7-5-10(15-8(7)2)11(14)13-4-3-9(12)6-13/h5,9H,3-4,6,12H2,1-2H3/t9-/m0/s1. The fourth-order valence-corrected chi connectivity index (χ4v) is 2.81. The van der Waals surface area contributed by atoms with Gasteiger partial charge in [0.25, 0.3) is 5.91 Å². The molecular formula is C11H16N2OS. The van der Waals surface area contributed by atoms with Gasteiger partial charge in [-0.25, -0.2) is 0 Å². The molecule has 0 spiro atoms. The van der Waals surface area contributed by atoms with Gasteiger partial charge in [0.2, 0.25) is 0 Å². The van der Waals surface area contributed by atoms with Crippen LogP contribution in [0.15, 0.2) is 6.07 Å². The Bertz CT molecular complexity index is 366. The lowest BCUT2D eigenvalue weighted by molar-refractivity contribution is 0.0795. The van der Waals surface area contributed by atoms with Gasteiger partial charge in [-0.3, -0.25) is 4.79 Å². The van der Waals surface area contributed by atoms with E-state index in [1.165, 1.54) is 10.4 Å². The topological polar surface area (TPSA) is 46.3 Å². The molecule has 1 fully saturated rings. The normalized spacial score (nSPS) is 21.0. The van der Waals surface area contributed by atoms with Crippen LogP contribution in [0.25, 0.3) is 0 Å². The van der Waals surface area contributed by atoms with Crippen molar-refractivity contribution < 1.29 is 4.79 Å². The molecule has 4 heteroatoms. The van der Waals surface area contributed by atoms with Crippen LogP contribution in [-0.4, -0.2) is 29.9 Å². The number of carbonyl (C=O) groups is 1. The van der Waals surface area contributed by atoms with Crippen molar-refractivity contribution in [3.8, 4) is 0 Å². The molecule has 15 heavy (non-hydrogen) atoms. The molecule has 1 aromatic rings. The first kappa shape index (κ1) is 10.6. The molecule has 2 N–H and O–H groups in total. The predicted octanol–water partition coefficient (Wildman–Crippen LogP) is 1.54. The summed E-state index contributed by atoms with van der Waals surface area (Å²) in [5.41, 5.74) is 6.99. The molecule has 1 amide bonds. The molecular weight excluding hydrogens is 208 g/mol. The molecule has 0 bridgehead atoms. The van der Waals surface area contributed by atoms with E-state index in [1.54, 1.807) is 11.3 Å². The maximum atomic E-state index is 12.0. The highest BCUT2D eigenvalue weighted by Crippen LogP contribution is 2.23. The van der Waals surface area contributed by atoms with Crippen LogP contribution in [0.3, 0.4) is 0 Å². The van der Waals surface area contributed by atoms with E-state index in [2.05, 4.69) is 0 Å². The molecule has 1 atom stereocenters. The van der Waals surface area contributed by atoms with Crippen molar-refractivity contribution in [3.05, 3.63) is 21.4 Å². The van der Waals surface area contributed by atoms with E-state index in [1.807, 2.05) is 24.8 Å². The summed E-state index contributed by atoms with van der Waals surface area (Å²) >= 11 is 1.58. The van der Waals surface area contributed by atoms with E-state index in [0.717, 1.165) is 17.8 Å². The number of nitrogens with zero attached hydrogens (tertiary/aromatic N) is 1. The lowest BCUT2D eigenvalue weighted by Crippen LogP contribution is -2.31. The minimum Gasteiger partial charge on any atom is -0.336 e. The van der Waals surface area contributed by atoms with Crippen molar-refractivity contribution >= 4 is 17.2 Å². The minimum atomic E-state index is 0.143. The number of rotatable bonds is 1. The summed E-state index contributed by atoms with van der Waals surface area (Å²) in [6.45, 7) is 5.59. The average molecular weight is 224 g/mol. The molecule has 1 aliphatic rings. The summed E-state index contributed by atoms with van der Waals surface area (Å²) < 4.78 is 0. The summed E-state index contributed by atoms with van der Waals surface area (Å²) in [4.78, 5) is 16.0. The highest BCUT2D eigenvalue weighted by molar-refractivity contribution is 7.14. The zero-order valence-corrected chi connectivity index (χ0v) is 9.93. The number of nitrogens with two attached hydrogens (primary N) is 1. The Morgan fingerprint density at radius 3 is 2.80 bits per heavy atom. The van der Waals surface area contributed by atoms with Crippen LogP contribution < -0.4 is 5.73 Å². The summed E-state index contributed by atoms with van der Waals surface area (Å²) in [7, 11) is 0. The second-order valence-corrected chi connectivity index (χ2v) is 5.41. The van der Waals surface area contributed by atoms with E-state index in [0.29, 0.717) is 6.54 Å². The van der Waals surface area contributed by atoms with Crippen LogP contribution >= 0.6 is 11.3 Å². The van der Waals surface area contributed by atoms with Crippen LogP contribution in [0.1, 0.15) is 26.5 Å². The number of amides is 1. The van der Waals surface area contributed by atoms with Gasteiger partial charge in [0.05, 0.1) is 4.88 Å². The molecule has 0 unspecified atom stereocenters. The summed E-state index contributed by atoms with van der Waals surface area (Å²) in [6.07, 6.45) is 0.926. The molecule has 1 aromatic heterocycles. The van der Waals surface area contributed by atoms with Crippen molar-refractivity contribution in [1.29, 1.82) is 0 Å². The number of carbonyl (C=O) groups excluding carboxylic acids is 1. The molecule has 0 aromatic carbocycles. The fraction of sp³-hybridized carbons (Fsp3) is 0.545. The third kappa shape index (κ3) is 2.06. The first-order valence-corrected chi connectivity index (χ1v) is 6.01. The fourth-order valence-electron chi connectivity index (χ4n) is 1.81. The average Bonchev–Trinajstić information content (AvgIpc) is 2.74. The van der Waals surface area contributed by atoms with Gasteiger partial charge < -0.3 is 10.6 Å². The number of thiophene rings is 1. The first-order valence-electron chi connectivity index (χ1n) is 5.20. The molecule has 82 valence electrons. The van der Waals surface area contributed by atoms with Gasteiger partial charge in [-0.15, -0.1) is 11.3 Å². The second kappa shape index (κ2) is 3.94. The van der Waals surface area contributed by atoms with Crippen LogP contribution in [0.2, 0.25) is 0 Å². The summed E-state index contributed by atoms with van der Waals surface area (Å²) in [5.74, 6) is 0.143. The Balaban J connectivity index is 2.14. The number of hydrogen-bond donors (Lipinski definition) is 1. The van der Waals surface area contributed by atoms with Gasteiger partial charge in [0, 0.05) is 24.0 Å². The monoisotopic (exact) mass is 224 g/mol. The van der Waals surface area contributed by atoms with Crippen LogP contribution in [0.5, 0.6) is 0 Å². The number of likely N-dealkylation sites (tertiary alicyclic amines) is 1. The van der Waals surface area contributed by atoms with Crippen molar-refractivity contribution in [2.24, 2.45) is 5.73 Å². The molecule has 0 aliphatic carbocycles. The van der Waals surface area contributed by atoms with E-state index in [9.17, 15) is 4.79 Å². The van der Waals surface area contributed by atoms with Crippen LogP contribution in [0, 0.1) is 13.8 Å². The van der Waals surface area contributed by atoms with E-state index in [-0.39, 0.29) is 11.9 Å². The Labute approximate surface area is 93.9 Å². The van der Waals surface area contributed by atoms with Crippen LogP contribution in [0.4, 0.5) is 0 Å². The summed E-state index contributed by atoms with van der Waals surface area (Å²) in [6, 6.07) is 2.14. The highest BCUT2D eigenvalue weighted by Gasteiger charge is 2.25. The molecule has 2 heterocycles. The van der Waals surface area contributed by atoms with Crippen LogP contribution in [-0.2, 0) is 0 Å². The first-order chi connectivity index (χ1) is 7.08. The maximum Gasteiger partial charge on any atom is 0.263 e. The third-order valence-corrected chi connectivity index (χ3v) is 4.03. The van der Waals surface area contributed by atoms with Crippen molar-refractivity contribution in [3.63, 3.8) is 0 Å². The van der Waals surface area contributed by atoms with Crippen molar-refractivity contribution in [2.45, 2.75) is 26.3 Å². The Morgan fingerprint density at radius 2 is 2.33 bits per heavy atom. The summed E-state index contributed by atoms with van der Waals surface area (Å²) in [5, 5.41) is 0. The SMILES string of the molecule is Cc1cc(C(=O)N2CC[C@H](N)C2)sc1C. The Kier molecular flexibility index (Phi) is 2.80. The molecule has 3 nitrogen and oxygen atoms in total. The van der Waals surface area contributed by atoms with E-state index >= 15 is 0 Å². The number of aryl methyl sites for hydroxylation is 2. The van der Waals surface area contributed by atoms with Gasteiger partial charge in [0.15, 0.2) is 0 Å². The Morgan fingerprint density at radius 1 is 1.60 bits per heavy atom. The lowest BCUT2D eigenvalue weighted by Gasteiger charge is -2.14. The molecule has 1 aliphatic heterocycles. The largest absolute Gasteiger partial charge is 0.336 e. The minimum absolute atomic E-state index is 0.143. The van der Waals surface area contributed by atoms with Gasteiger partial charge in [-0.2, -0.15) is 0 Å². The molecule has 2 rings (SSSR count). The second-order valence-electron chi connectivity index (χ2n) is 4.15. The van der Waals surface area contributed by atoms with Gasteiger partial charge in [0.1, 0.15) is 0 Å². The van der Waals surface area contributed by atoms with Gasteiger partial charge in [-0.1, -0.05) is 0 Å². The maximum absolute atomic E-state index is 12.0. The molecule has 0 radical (unpaired) electrons. The van der Waals surface area contributed by atoms with Crippen molar-refractivity contribution in [1.82, 2.24) is 4.90 Å². The predicted molar refractivity (Wildman–Crippen MR) is 62.3 cm³/mol. The van der Waals surface area contributed by atoms with Gasteiger partial charge >= 0.3 is 0 Å². The smallest absolute Gasteiger partial charge is 0.263 e. The zero-order valence-electron chi connectivity index (χ0n) is 9.12. The van der Waals surface area contributed by atoms with Gasteiger partial charge in [-0.05, 0) is 31.9 Å². The van der Waals surface area contributed by atoms with E-state index in [4.69, 9.17) is 5.73 Å². The van der Waals surface area contributed by atoms with E-state index < -0.39 is 0 Å². The molecule has 0 saturated carbocycles.